The van der Waals surface area contributed by atoms with Gasteiger partial charge in [0.2, 0.25) is 0 Å². The summed E-state index contributed by atoms with van der Waals surface area (Å²) < 4.78 is 1.32. The summed E-state index contributed by atoms with van der Waals surface area (Å²) in [6.07, 6.45) is 5.23. The normalized spacial score (nSPS) is 10.7. The summed E-state index contributed by atoms with van der Waals surface area (Å²) in [5.74, 6) is 0. The lowest BCUT2D eigenvalue weighted by molar-refractivity contribution is 1.01. The van der Waals surface area contributed by atoms with Crippen LogP contribution < -0.4 is 0 Å². The maximum absolute atomic E-state index is 4.22. The van der Waals surface area contributed by atoms with Gasteiger partial charge < -0.3 is 0 Å². The fourth-order valence-corrected chi connectivity index (χ4v) is 3.05. The van der Waals surface area contributed by atoms with E-state index < -0.39 is 0 Å². The van der Waals surface area contributed by atoms with Gasteiger partial charge in [0.1, 0.15) is 0 Å². The molecule has 0 radical (unpaired) electrons. The largest absolute Gasteiger partial charge is 0.159 e. The second-order valence-electron chi connectivity index (χ2n) is 5.01. The van der Waals surface area contributed by atoms with Gasteiger partial charge in [-0.05, 0) is 70.1 Å². The Hall–Kier alpha value is -2.26. The van der Waals surface area contributed by atoms with Crippen LogP contribution in [0.4, 0.5) is 0 Å². The summed E-state index contributed by atoms with van der Waals surface area (Å²) in [6.45, 7) is 8.34. The van der Waals surface area contributed by atoms with Gasteiger partial charge in [0.25, 0.3) is 0 Å². The predicted molar refractivity (Wildman–Crippen MR) is 91.2 cm³/mol. The topological polar surface area (TPSA) is 25.8 Å². The van der Waals surface area contributed by atoms with Crippen LogP contribution >= 0.6 is 11.3 Å². The molecule has 0 atom stereocenters. The van der Waals surface area contributed by atoms with Crippen molar-refractivity contribution in [1.82, 2.24) is 10.2 Å². The molecular formula is C18H16N2S. The highest BCUT2D eigenvalue weighted by Crippen LogP contribution is 2.28. The molecule has 0 aliphatic heterocycles. The molecule has 1 aromatic carbocycles. The number of allylic oxidation sites excluding steroid dienone is 2. The van der Waals surface area contributed by atoms with Gasteiger partial charge in [0, 0.05) is 4.70 Å². The van der Waals surface area contributed by atoms with Gasteiger partial charge in [-0.1, -0.05) is 19.2 Å². The van der Waals surface area contributed by atoms with Crippen molar-refractivity contribution < 1.29 is 0 Å². The first-order valence-electron chi connectivity index (χ1n) is 6.84. The zero-order valence-corrected chi connectivity index (χ0v) is 12.6. The number of benzene rings is 1. The Morgan fingerprint density at radius 3 is 2.52 bits per heavy atom. The molecule has 0 spiro atoms. The van der Waals surface area contributed by atoms with E-state index in [0.717, 1.165) is 29.6 Å². The van der Waals surface area contributed by atoms with Gasteiger partial charge in [-0.3, -0.25) is 0 Å². The van der Waals surface area contributed by atoms with E-state index in [4.69, 9.17) is 0 Å². The fraction of sp³-hybridized carbons (Fsp3) is 0.111. The van der Waals surface area contributed by atoms with Crippen molar-refractivity contribution in [2.24, 2.45) is 0 Å². The summed E-state index contributed by atoms with van der Waals surface area (Å²) in [7, 11) is 0. The number of fused-ring (bicyclic) bond motifs is 1. The molecule has 0 fully saturated rings. The molecule has 3 aromatic rings. The van der Waals surface area contributed by atoms with Crippen molar-refractivity contribution in [1.29, 1.82) is 0 Å². The van der Waals surface area contributed by atoms with Gasteiger partial charge in [0.15, 0.2) is 0 Å². The molecule has 0 aliphatic carbocycles. The smallest absolute Gasteiger partial charge is 0.0571 e. The lowest BCUT2D eigenvalue weighted by Crippen LogP contribution is -1.89. The molecule has 0 amide bonds. The Morgan fingerprint density at radius 1 is 0.952 bits per heavy atom. The Balaban J connectivity index is 1.67. The van der Waals surface area contributed by atoms with Crippen LogP contribution in [0.3, 0.4) is 0 Å². The zero-order valence-electron chi connectivity index (χ0n) is 11.7. The standard InChI is InChI=1S/C18H16N2S/c1-13(3-4-14(2)17-7-9-19-20-12-17)15-5-6-18-16(11-15)8-10-21-18/h5-12H,1-4H2. The maximum atomic E-state index is 4.22. The molecule has 0 bridgehead atoms. The molecule has 0 unspecified atom stereocenters. The monoisotopic (exact) mass is 292 g/mol. The van der Waals surface area contributed by atoms with Gasteiger partial charge >= 0.3 is 0 Å². The highest BCUT2D eigenvalue weighted by molar-refractivity contribution is 7.17. The molecule has 104 valence electrons. The fourth-order valence-electron chi connectivity index (χ4n) is 2.28. The number of hydrogen-bond acceptors (Lipinski definition) is 3. The Labute approximate surface area is 128 Å². The van der Waals surface area contributed by atoms with Gasteiger partial charge in [0.05, 0.1) is 12.4 Å². The predicted octanol–water partition coefficient (Wildman–Crippen LogP) is 5.20. The summed E-state index contributed by atoms with van der Waals surface area (Å²) in [6, 6.07) is 10.6. The quantitative estimate of drug-likeness (QED) is 0.646. The van der Waals surface area contributed by atoms with E-state index in [-0.39, 0.29) is 0 Å². The van der Waals surface area contributed by atoms with E-state index in [1.165, 1.54) is 15.6 Å². The zero-order chi connectivity index (χ0) is 14.7. The number of nitrogens with zero attached hydrogens (tertiary/aromatic N) is 2. The van der Waals surface area contributed by atoms with Crippen LogP contribution in [0, 0.1) is 0 Å². The van der Waals surface area contributed by atoms with Crippen molar-refractivity contribution in [3.05, 3.63) is 72.4 Å². The van der Waals surface area contributed by atoms with Crippen LogP contribution in [0.25, 0.3) is 21.2 Å². The Morgan fingerprint density at radius 2 is 1.76 bits per heavy atom. The van der Waals surface area contributed by atoms with Gasteiger partial charge in [-0.25, -0.2) is 0 Å². The van der Waals surface area contributed by atoms with E-state index in [1.54, 1.807) is 23.7 Å². The van der Waals surface area contributed by atoms with Crippen LogP contribution in [0.2, 0.25) is 0 Å². The van der Waals surface area contributed by atoms with Crippen molar-refractivity contribution in [3.63, 3.8) is 0 Å². The van der Waals surface area contributed by atoms with E-state index in [0.29, 0.717) is 0 Å². The lowest BCUT2D eigenvalue weighted by Gasteiger charge is -2.08. The molecule has 0 N–H and O–H groups in total. The van der Waals surface area contributed by atoms with Crippen LogP contribution in [0.1, 0.15) is 24.0 Å². The minimum absolute atomic E-state index is 0.881. The molecule has 0 saturated heterocycles. The average Bonchev–Trinajstić information content (AvgIpc) is 3.00. The Bertz CT molecular complexity index is 787. The van der Waals surface area contributed by atoms with Gasteiger partial charge in [-0.15, -0.1) is 11.3 Å². The Kier molecular flexibility index (Phi) is 3.93. The highest BCUT2D eigenvalue weighted by Gasteiger charge is 2.04. The first-order chi connectivity index (χ1) is 10.2. The minimum atomic E-state index is 0.881. The van der Waals surface area contributed by atoms with Crippen molar-refractivity contribution in [2.75, 3.05) is 0 Å². The summed E-state index contributed by atoms with van der Waals surface area (Å²) >= 11 is 1.77. The molecule has 3 heteroatoms. The van der Waals surface area contributed by atoms with E-state index >= 15 is 0 Å². The van der Waals surface area contributed by atoms with E-state index in [1.807, 2.05) is 6.07 Å². The number of hydrogen-bond donors (Lipinski definition) is 0. The summed E-state index contributed by atoms with van der Waals surface area (Å²) in [4.78, 5) is 0. The third-order valence-electron chi connectivity index (χ3n) is 3.58. The third kappa shape index (κ3) is 3.09. The van der Waals surface area contributed by atoms with Crippen LogP contribution in [-0.2, 0) is 0 Å². The third-order valence-corrected chi connectivity index (χ3v) is 4.48. The minimum Gasteiger partial charge on any atom is -0.159 e. The van der Waals surface area contributed by atoms with Gasteiger partial charge in [-0.2, -0.15) is 10.2 Å². The molecule has 0 saturated carbocycles. The van der Waals surface area contributed by atoms with Crippen LogP contribution in [-0.4, -0.2) is 10.2 Å². The van der Waals surface area contributed by atoms with E-state index in [9.17, 15) is 0 Å². The molecule has 2 aromatic heterocycles. The molecule has 0 aliphatic rings. The molecule has 21 heavy (non-hydrogen) atoms. The first kappa shape index (κ1) is 13.7. The van der Waals surface area contributed by atoms with Crippen LogP contribution in [0.15, 0.2) is 61.3 Å². The molecule has 2 heterocycles. The lowest BCUT2D eigenvalue weighted by atomic mass is 9.97. The van der Waals surface area contributed by atoms with Crippen molar-refractivity contribution >= 4 is 32.6 Å². The van der Waals surface area contributed by atoms with Crippen molar-refractivity contribution in [3.8, 4) is 0 Å². The average molecular weight is 292 g/mol. The molecule has 2 nitrogen and oxygen atoms in total. The SMILES string of the molecule is C=C(CCC(=C)c1ccc2sccc2c1)c1ccnnc1. The number of aromatic nitrogens is 2. The summed E-state index contributed by atoms with van der Waals surface area (Å²) in [5, 5.41) is 11.1. The maximum Gasteiger partial charge on any atom is 0.0571 e. The van der Waals surface area contributed by atoms with Crippen molar-refractivity contribution in [2.45, 2.75) is 12.8 Å². The van der Waals surface area contributed by atoms with E-state index in [2.05, 4.69) is 53.0 Å². The summed E-state index contributed by atoms with van der Waals surface area (Å²) in [5.41, 5.74) is 4.47. The highest BCUT2D eigenvalue weighted by atomic mass is 32.1. The second-order valence-corrected chi connectivity index (χ2v) is 5.96. The number of rotatable bonds is 5. The molecular weight excluding hydrogens is 276 g/mol. The molecule has 3 rings (SSSR count). The number of thiophene rings is 1. The van der Waals surface area contributed by atoms with Crippen LogP contribution in [0.5, 0.6) is 0 Å². The second kappa shape index (κ2) is 6.02. The first-order valence-corrected chi connectivity index (χ1v) is 7.72.